The maximum Gasteiger partial charge on any atom is 0.125 e. The normalized spacial score (nSPS) is 10.4. The number of hydrogen-bond acceptors (Lipinski definition) is 3. The molecule has 2 N–H and O–H groups in total. The minimum absolute atomic E-state index is 0.469. The van der Waals surface area contributed by atoms with Gasteiger partial charge in [-0.05, 0) is 43.2 Å². The van der Waals surface area contributed by atoms with Crippen LogP contribution in [0.3, 0.4) is 0 Å². The molecule has 4 heteroatoms. The zero-order valence-corrected chi connectivity index (χ0v) is 11.2. The molecule has 0 aliphatic carbocycles. The fourth-order valence-electron chi connectivity index (χ4n) is 1.80. The first kappa shape index (κ1) is 12.7. The lowest BCUT2D eigenvalue weighted by Crippen LogP contribution is -2.00. The zero-order valence-electron chi connectivity index (χ0n) is 10.4. The molecule has 1 heterocycles. The fourth-order valence-corrected chi connectivity index (χ4v) is 2.13. The van der Waals surface area contributed by atoms with Gasteiger partial charge in [0.1, 0.15) is 18.2 Å². The van der Waals surface area contributed by atoms with E-state index in [-0.39, 0.29) is 0 Å². The summed E-state index contributed by atoms with van der Waals surface area (Å²) >= 11 is 5.98. The monoisotopic (exact) mass is 262 g/mol. The number of anilines is 1. The lowest BCUT2D eigenvalue weighted by Gasteiger charge is -2.12. The van der Waals surface area contributed by atoms with Crippen LogP contribution in [0.4, 0.5) is 5.82 Å². The van der Waals surface area contributed by atoms with Gasteiger partial charge in [-0.2, -0.15) is 0 Å². The standard InChI is InChI=1S/C14H15ClN2O/c1-9-5-12(15)6-10(2)14(9)18-8-11-3-4-13(16)17-7-11/h3-7H,8H2,1-2H3,(H2,16,17). The van der Waals surface area contributed by atoms with Gasteiger partial charge in [0, 0.05) is 16.8 Å². The molecule has 1 aromatic heterocycles. The van der Waals surface area contributed by atoms with Crippen LogP contribution in [0, 0.1) is 13.8 Å². The smallest absolute Gasteiger partial charge is 0.125 e. The van der Waals surface area contributed by atoms with E-state index in [1.165, 1.54) is 0 Å². The Morgan fingerprint density at radius 3 is 2.44 bits per heavy atom. The van der Waals surface area contributed by atoms with Gasteiger partial charge in [-0.3, -0.25) is 0 Å². The lowest BCUT2D eigenvalue weighted by atomic mass is 10.1. The molecule has 1 aromatic carbocycles. The number of rotatable bonds is 3. The van der Waals surface area contributed by atoms with Gasteiger partial charge >= 0.3 is 0 Å². The summed E-state index contributed by atoms with van der Waals surface area (Å²) in [5, 5.41) is 0.728. The first-order valence-corrected chi connectivity index (χ1v) is 6.04. The fraction of sp³-hybridized carbons (Fsp3) is 0.214. The first-order valence-electron chi connectivity index (χ1n) is 5.66. The summed E-state index contributed by atoms with van der Waals surface area (Å²) in [4.78, 5) is 4.03. The van der Waals surface area contributed by atoms with Crippen LogP contribution >= 0.6 is 11.6 Å². The van der Waals surface area contributed by atoms with Gasteiger partial charge < -0.3 is 10.5 Å². The Hall–Kier alpha value is -1.74. The van der Waals surface area contributed by atoms with Gasteiger partial charge in [-0.25, -0.2) is 4.98 Å². The SMILES string of the molecule is Cc1cc(Cl)cc(C)c1OCc1ccc(N)nc1. The summed E-state index contributed by atoms with van der Waals surface area (Å²) in [6.45, 7) is 4.43. The summed E-state index contributed by atoms with van der Waals surface area (Å²) < 4.78 is 5.81. The van der Waals surface area contributed by atoms with E-state index in [0.717, 1.165) is 27.5 Å². The average molecular weight is 263 g/mol. The van der Waals surface area contributed by atoms with Crippen molar-refractivity contribution in [2.24, 2.45) is 0 Å². The number of aryl methyl sites for hydroxylation is 2. The zero-order chi connectivity index (χ0) is 13.1. The van der Waals surface area contributed by atoms with Crippen LogP contribution < -0.4 is 10.5 Å². The van der Waals surface area contributed by atoms with E-state index in [0.29, 0.717) is 12.4 Å². The summed E-state index contributed by atoms with van der Waals surface area (Å²) in [6.07, 6.45) is 1.72. The molecule has 0 fully saturated rings. The molecule has 0 aliphatic rings. The van der Waals surface area contributed by atoms with Crippen molar-refractivity contribution in [2.45, 2.75) is 20.5 Å². The van der Waals surface area contributed by atoms with Crippen molar-refractivity contribution in [3.8, 4) is 5.75 Å². The van der Waals surface area contributed by atoms with Crippen molar-refractivity contribution in [2.75, 3.05) is 5.73 Å². The Morgan fingerprint density at radius 1 is 1.22 bits per heavy atom. The molecule has 3 nitrogen and oxygen atoms in total. The van der Waals surface area contributed by atoms with E-state index in [1.54, 1.807) is 12.3 Å². The van der Waals surface area contributed by atoms with Gasteiger partial charge in [-0.1, -0.05) is 17.7 Å². The second-order valence-corrected chi connectivity index (χ2v) is 4.69. The number of hydrogen-bond donors (Lipinski definition) is 1. The van der Waals surface area contributed by atoms with Crippen molar-refractivity contribution in [3.63, 3.8) is 0 Å². The van der Waals surface area contributed by atoms with Crippen LogP contribution in [-0.4, -0.2) is 4.98 Å². The number of nitrogen functional groups attached to an aromatic ring is 1. The van der Waals surface area contributed by atoms with Crippen molar-refractivity contribution in [3.05, 3.63) is 52.2 Å². The largest absolute Gasteiger partial charge is 0.488 e. The molecule has 2 rings (SSSR count). The average Bonchev–Trinajstić information content (AvgIpc) is 2.30. The van der Waals surface area contributed by atoms with Gasteiger partial charge in [0.05, 0.1) is 0 Å². The quantitative estimate of drug-likeness (QED) is 0.921. The highest BCUT2D eigenvalue weighted by atomic mass is 35.5. The predicted octanol–water partition coefficient (Wildman–Crippen LogP) is 3.51. The third-order valence-electron chi connectivity index (χ3n) is 2.66. The van der Waals surface area contributed by atoms with Gasteiger partial charge in [0.25, 0.3) is 0 Å². The van der Waals surface area contributed by atoms with Crippen LogP contribution in [-0.2, 0) is 6.61 Å². The molecular formula is C14H15ClN2O. The minimum Gasteiger partial charge on any atom is -0.488 e. The Bertz CT molecular complexity index is 529. The molecule has 0 aliphatic heterocycles. The summed E-state index contributed by atoms with van der Waals surface area (Å²) in [5.41, 5.74) is 8.58. The minimum atomic E-state index is 0.469. The highest BCUT2D eigenvalue weighted by molar-refractivity contribution is 6.30. The lowest BCUT2D eigenvalue weighted by molar-refractivity contribution is 0.301. The number of ether oxygens (including phenoxy) is 1. The molecular weight excluding hydrogens is 248 g/mol. The Kier molecular flexibility index (Phi) is 3.72. The van der Waals surface area contributed by atoms with Crippen LogP contribution in [0.25, 0.3) is 0 Å². The van der Waals surface area contributed by atoms with Gasteiger partial charge in [0.2, 0.25) is 0 Å². The highest BCUT2D eigenvalue weighted by Gasteiger charge is 2.06. The number of pyridine rings is 1. The Balaban J connectivity index is 2.13. The van der Waals surface area contributed by atoms with Crippen LogP contribution in [0.15, 0.2) is 30.5 Å². The number of benzene rings is 1. The Labute approximate surface area is 112 Å². The van der Waals surface area contributed by atoms with Crippen molar-refractivity contribution >= 4 is 17.4 Å². The van der Waals surface area contributed by atoms with E-state index in [9.17, 15) is 0 Å². The molecule has 0 radical (unpaired) electrons. The van der Waals surface area contributed by atoms with E-state index in [4.69, 9.17) is 22.1 Å². The van der Waals surface area contributed by atoms with Gasteiger partial charge in [0.15, 0.2) is 0 Å². The molecule has 0 bridgehead atoms. The van der Waals surface area contributed by atoms with E-state index >= 15 is 0 Å². The summed E-state index contributed by atoms with van der Waals surface area (Å²) in [7, 11) is 0. The molecule has 0 saturated carbocycles. The number of aromatic nitrogens is 1. The highest BCUT2D eigenvalue weighted by Crippen LogP contribution is 2.27. The summed E-state index contributed by atoms with van der Waals surface area (Å²) in [6, 6.07) is 7.46. The molecule has 2 aromatic rings. The molecule has 0 unspecified atom stereocenters. The third-order valence-corrected chi connectivity index (χ3v) is 2.87. The second-order valence-electron chi connectivity index (χ2n) is 4.25. The van der Waals surface area contributed by atoms with Crippen molar-refractivity contribution in [1.29, 1.82) is 0 Å². The van der Waals surface area contributed by atoms with E-state index in [2.05, 4.69) is 4.98 Å². The maximum absolute atomic E-state index is 5.98. The molecule has 0 atom stereocenters. The van der Waals surface area contributed by atoms with Crippen LogP contribution in [0.1, 0.15) is 16.7 Å². The molecule has 18 heavy (non-hydrogen) atoms. The van der Waals surface area contributed by atoms with Crippen LogP contribution in [0.5, 0.6) is 5.75 Å². The van der Waals surface area contributed by atoms with Gasteiger partial charge in [-0.15, -0.1) is 0 Å². The number of nitrogens with zero attached hydrogens (tertiary/aromatic N) is 1. The van der Waals surface area contributed by atoms with Crippen molar-refractivity contribution in [1.82, 2.24) is 4.98 Å². The number of halogens is 1. The summed E-state index contributed by atoms with van der Waals surface area (Å²) in [5.74, 6) is 1.38. The maximum atomic E-state index is 5.98. The number of nitrogens with two attached hydrogens (primary N) is 1. The van der Waals surface area contributed by atoms with Crippen molar-refractivity contribution < 1.29 is 4.74 Å². The van der Waals surface area contributed by atoms with E-state index in [1.807, 2.05) is 32.0 Å². The predicted molar refractivity (Wildman–Crippen MR) is 73.9 cm³/mol. The molecule has 0 saturated heterocycles. The molecule has 0 amide bonds. The topological polar surface area (TPSA) is 48.1 Å². The van der Waals surface area contributed by atoms with Crippen LogP contribution in [0.2, 0.25) is 5.02 Å². The van der Waals surface area contributed by atoms with E-state index < -0.39 is 0 Å². The second kappa shape index (κ2) is 5.27. The third kappa shape index (κ3) is 2.93. The Morgan fingerprint density at radius 2 is 1.89 bits per heavy atom. The molecule has 94 valence electrons. The molecule has 0 spiro atoms. The first-order chi connectivity index (χ1) is 8.56.